The van der Waals surface area contributed by atoms with Crippen LogP contribution in [0.2, 0.25) is 0 Å². The third kappa shape index (κ3) is 1.66. The van der Waals surface area contributed by atoms with Gasteiger partial charge in [-0.2, -0.15) is 0 Å². The van der Waals surface area contributed by atoms with Crippen molar-refractivity contribution in [3.63, 3.8) is 0 Å². The summed E-state index contributed by atoms with van der Waals surface area (Å²) in [5.74, 6) is 0. The second kappa shape index (κ2) is 3.25. The Balaban J connectivity index is 2.04. The van der Waals surface area contributed by atoms with Crippen LogP contribution in [0.15, 0.2) is 10.6 Å². The smallest absolute Gasteiger partial charge is 0.0626 e. The zero-order valence-corrected chi connectivity index (χ0v) is 8.01. The molecular formula is C8H12BrNO. The van der Waals surface area contributed by atoms with Crippen molar-refractivity contribution in [2.45, 2.75) is 12.5 Å². The number of halogens is 1. The van der Waals surface area contributed by atoms with E-state index in [1.807, 2.05) is 0 Å². The van der Waals surface area contributed by atoms with Gasteiger partial charge < -0.3 is 4.74 Å². The Kier molecular flexibility index (Phi) is 2.30. The summed E-state index contributed by atoms with van der Waals surface area (Å²) in [6, 6.07) is 0.628. The maximum atomic E-state index is 5.40. The van der Waals surface area contributed by atoms with E-state index in [0.717, 1.165) is 32.7 Å². The van der Waals surface area contributed by atoms with Gasteiger partial charge in [0.25, 0.3) is 0 Å². The Labute approximate surface area is 75.3 Å². The topological polar surface area (TPSA) is 12.5 Å². The maximum Gasteiger partial charge on any atom is 0.0626 e. The predicted molar refractivity (Wildman–Crippen MR) is 47.8 cm³/mol. The van der Waals surface area contributed by atoms with Crippen LogP contribution >= 0.6 is 15.9 Å². The van der Waals surface area contributed by atoms with E-state index in [-0.39, 0.29) is 0 Å². The van der Waals surface area contributed by atoms with Crippen molar-refractivity contribution in [2.75, 3.05) is 26.3 Å². The van der Waals surface area contributed by atoms with Gasteiger partial charge in [0.1, 0.15) is 0 Å². The average Bonchev–Trinajstić information content (AvgIpc) is 2.04. The minimum atomic E-state index is 0.628. The fourth-order valence-electron chi connectivity index (χ4n) is 1.64. The summed E-state index contributed by atoms with van der Waals surface area (Å²) in [7, 11) is 0. The van der Waals surface area contributed by atoms with Crippen molar-refractivity contribution in [1.82, 2.24) is 4.90 Å². The normalized spacial score (nSPS) is 32.8. The Hall–Kier alpha value is 0.140. The molecule has 2 nitrogen and oxygen atoms in total. The molecule has 2 heterocycles. The molecule has 0 bridgehead atoms. The van der Waals surface area contributed by atoms with Crippen LogP contribution in [0.5, 0.6) is 0 Å². The molecule has 0 aromatic carbocycles. The Morgan fingerprint density at radius 2 is 2.55 bits per heavy atom. The highest BCUT2D eigenvalue weighted by Gasteiger charge is 2.25. The average molecular weight is 218 g/mol. The van der Waals surface area contributed by atoms with Gasteiger partial charge in [-0.1, -0.05) is 22.0 Å². The predicted octanol–water partition coefficient (Wildman–Crippen LogP) is 1.37. The summed E-state index contributed by atoms with van der Waals surface area (Å²) in [5.41, 5.74) is 0. The van der Waals surface area contributed by atoms with E-state index in [4.69, 9.17) is 4.74 Å². The minimum absolute atomic E-state index is 0.628. The summed E-state index contributed by atoms with van der Waals surface area (Å²) in [5, 5.41) is 0. The summed E-state index contributed by atoms with van der Waals surface area (Å²) in [4.78, 5) is 2.48. The number of hydrogen-bond acceptors (Lipinski definition) is 2. The highest BCUT2D eigenvalue weighted by atomic mass is 79.9. The molecule has 2 aliphatic rings. The lowest BCUT2D eigenvalue weighted by Gasteiger charge is -2.37. The first-order valence-corrected chi connectivity index (χ1v) is 4.82. The fourth-order valence-corrected chi connectivity index (χ4v) is 2.16. The van der Waals surface area contributed by atoms with Crippen molar-refractivity contribution in [1.29, 1.82) is 0 Å². The Morgan fingerprint density at radius 3 is 3.45 bits per heavy atom. The highest BCUT2D eigenvalue weighted by Crippen LogP contribution is 2.23. The molecule has 0 unspecified atom stereocenters. The van der Waals surface area contributed by atoms with Crippen LogP contribution in [-0.2, 0) is 4.74 Å². The van der Waals surface area contributed by atoms with E-state index < -0.39 is 0 Å². The summed E-state index contributed by atoms with van der Waals surface area (Å²) >= 11 is 3.53. The molecule has 0 radical (unpaired) electrons. The molecule has 0 spiro atoms. The lowest BCUT2D eigenvalue weighted by Crippen LogP contribution is -2.47. The van der Waals surface area contributed by atoms with Gasteiger partial charge >= 0.3 is 0 Å². The molecule has 0 aromatic rings. The van der Waals surface area contributed by atoms with E-state index >= 15 is 0 Å². The van der Waals surface area contributed by atoms with E-state index in [9.17, 15) is 0 Å². The number of rotatable bonds is 0. The van der Waals surface area contributed by atoms with E-state index in [0.29, 0.717) is 6.04 Å². The number of hydrogen-bond donors (Lipinski definition) is 0. The standard InChI is InChI=1S/C8H12BrNO/c9-7-1-2-10-3-4-11-6-8(10)5-7/h1,8H,2-6H2/t8-/m0/s1. The molecule has 0 amide bonds. The molecule has 1 fully saturated rings. The first-order chi connectivity index (χ1) is 5.36. The van der Waals surface area contributed by atoms with Gasteiger partial charge in [0.15, 0.2) is 0 Å². The molecule has 1 atom stereocenters. The zero-order valence-electron chi connectivity index (χ0n) is 6.42. The van der Waals surface area contributed by atoms with Crippen molar-refractivity contribution >= 4 is 15.9 Å². The molecular weight excluding hydrogens is 206 g/mol. The van der Waals surface area contributed by atoms with Crippen molar-refractivity contribution in [2.24, 2.45) is 0 Å². The van der Waals surface area contributed by atoms with Crippen LogP contribution in [0.25, 0.3) is 0 Å². The van der Waals surface area contributed by atoms with Crippen LogP contribution in [0.4, 0.5) is 0 Å². The molecule has 0 saturated carbocycles. The summed E-state index contributed by atoms with van der Waals surface area (Å²) in [6.07, 6.45) is 3.38. The van der Waals surface area contributed by atoms with E-state index in [2.05, 4.69) is 26.9 Å². The van der Waals surface area contributed by atoms with Crippen molar-refractivity contribution in [3.8, 4) is 0 Å². The Morgan fingerprint density at radius 1 is 1.64 bits per heavy atom. The largest absolute Gasteiger partial charge is 0.378 e. The van der Waals surface area contributed by atoms with Crippen LogP contribution in [0.1, 0.15) is 6.42 Å². The minimum Gasteiger partial charge on any atom is -0.378 e. The number of ether oxygens (including phenoxy) is 1. The molecule has 0 aliphatic carbocycles. The monoisotopic (exact) mass is 217 g/mol. The van der Waals surface area contributed by atoms with Gasteiger partial charge in [0.2, 0.25) is 0 Å². The SMILES string of the molecule is BrC1=CCN2CCOC[C@@H]2C1. The quantitative estimate of drug-likeness (QED) is 0.608. The third-order valence-electron chi connectivity index (χ3n) is 2.33. The zero-order chi connectivity index (χ0) is 7.68. The van der Waals surface area contributed by atoms with Gasteiger partial charge in [-0.25, -0.2) is 0 Å². The van der Waals surface area contributed by atoms with Gasteiger partial charge in [0, 0.05) is 19.1 Å². The van der Waals surface area contributed by atoms with Gasteiger partial charge in [-0.3, -0.25) is 4.90 Å². The van der Waals surface area contributed by atoms with Crippen LogP contribution in [0.3, 0.4) is 0 Å². The molecule has 2 aliphatic heterocycles. The van der Waals surface area contributed by atoms with E-state index in [1.165, 1.54) is 4.48 Å². The van der Waals surface area contributed by atoms with Crippen LogP contribution in [-0.4, -0.2) is 37.2 Å². The summed E-state index contributed by atoms with van der Waals surface area (Å²) < 4.78 is 6.73. The number of fused-ring (bicyclic) bond motifs is 1. The van der Waals surface area contributed by atoms with Gasteiger partial charge in [-0.15, -0.1) is 0 Å². The van der Waals surface area contributed by atoms with Crippen molar-refractivity contribution in [3.05, 3.63) is 10.6 Å². The highest BCUT2D eigenvalue weighted by molar-refractivity contribution is 9.11. The lowest BCUT2D eigenvalue weighted by molar-refractivity contribution is -0.00378. The second-order valence-corrected chi connectivity index (χ2v) is 4.10. The molecule has 3 heteroatoms. The second-order valence-electron chi connectivity index (χ2n) is 3.08. The fraction of sp³-hybridized carbons (Fsp3) is 0.750. The van der Waals surface area contributed by atoms with Crippen molar-refractivity contribution < 1.29 is 4.74 Å². The third-order valence-corrected chi connectivity index (χ3v) is 2.97. The maximum absolute atomic E-state index is 5.40. The molecule has 62 valence electrons. The van der Waals surface area contributed by atoms with Crippen LogP contribution in [0, 0.1) is 0 Å². The Bertz CT molecular complexity index is 181. The number of nitrogens with zero attached hydrogens (tertiary/aromatic N) is 1. The van der Waals surface area contributed by atoms with Gasteiger partial charge in [-0.05, 0) is 10.9 Å². The molecule has 1 saturated heterocycles. The molecule has 0 aromatic heterocycles. The molecule has 0 N–H and O–H groups in total. The van der Waals surface area contributed by atoms with E-state index in [1.54, 1.807) is 0 Å². The lowest BCUT2D eigenvalue weighted by atomic mass is 10.1. The van der Waals surface area contributed by atoms with Gasteiger partial charge in [0.05, 0.1) is 13.2 Å². The number of morpholine rings is 1. The first-order valence-electron chi connectivity index (χ1n) is 4.02. The molecule has 11 heavy (non-hydrogen) atoms. The molecule has 2 rings (SSSR count). The van der Waals surface area contributed by atoms with Crippen LogP contribution < -0.4 is 0 Å². The summed E-state index contributed by atoms with van der Waals surface area (Å²) in [6.45, 7) is 4.00. The first kappa shape index (κ1) is 7.77.